The van der Waals surface area contributed by atoms with Crippen LogP contribution in [0.2, 0.25) is 0 Å². The molecule has 0 unspecified atom stereocenters. The molecule has 0 bridgehead atoms. The number of anilines is 1. The van der Waals surface area contributed by atoms with E-state index in [0.717, 1.165) is 34.6 Å². The van der Waals surface area contributed by atoms with Gasteiger partial charge < -0.3 is 27.0 Å². The number of aliphatic imine (C=N–C) groups is 2. The molecule has 2 heterocycles. The minimum atomic E-state index is -1.26. The van der Waals surface area contributed by atoms with Crippen LogP contribution in [-0.2, 0) is 15.3 Å². The lowest BCUT2D eigenvalue weighted by Gasteiger charge is -2.10. The molecule has 1 aromatic carbocycles. The van der Waals surface area contributed by atoms with Crippen molar-refractivity contribution >= 4 is 68.7 Å². The fourth-order valence-electron chi connectivity index (χ4n) is 2.04. The van der Waals surface area contributed by atoms with Gasteiger partial charge in [0.05, 0.1) is 17.9 Å². The van der Waals surface area contributed by atoms with Crippen molar-refractivity contribution in [3.8, 4) is 0 Å². The number of amidine groups is 1. The molecular weight excluding hydrogens is 460 g/mol. The molecule has 0 saturated carbocycles. The summed E-state index contributed by atoms with van der Waals surface area (Å²) in [6.45, 7) is 0.884. The first-order valence-electron chi connectivity index (χ1n) is 8.67. The van der Waals surface area contributed by atoms with Crippen LogP contribution < -0.4 is 16.8 Å². The molecule has 13 heteroatoms. The third kappa shape index (κ3) is 9.55. The van der Waals surface area contributed by atoms with E-state index in [9.17, 15) is 9.59 Å². The van der Waals surface area contributed by atoms with Crippen molar-refractivity contribution in [1.29, 1.82) is 0 Å². The largest absolute Gasteiger partial charge is 0.478 e. The summed E-state index contributed by atoms with van der Waals surface area (Å²) in [4.78, 5) is 33.1. The van der Waals surface area contributed by atoms with Crippen molar-refractivity contribution in [3.05, 3.63) is 47.5 Å². The zero-order valence-electron chi connectivity index (χ0n) is 16.1. The molecule has 2 aromatic rings. The van der Waals surface area contributed by atoms with Gasteiger partial charge in [0.2, 0.25) is 5.13 Å². The maximum Gasteiger partial charge on any atom is 0.328 e. The third-order valence-corrected chi connectivity index (χ3v) is 6.00. The number of benzene rings is 1. The van der Waals surface area contributed by atoms with Crippen LogP contribution >= 0.6 is 34.9 Å². The molecule has 1 aliphatic heterocycles. The van der Waals surface area contributed by atoms with Crippen molar-refractivity contribution in [2.24, 2.45) is 21.5 Å². The molecular formula is C18H20N6O4S3. The Morgan fingerprint density at radius 3 is 2.55 bits per heavy atom. The second kappa shape index (κ2) is 12.6. The van der Waals surface area contributed by atoms with Gasteiger partial charge in [-0.25, -0.2) is 14.6 Å². The molecule has 0 aliphatic carbocycles. The number of para-hydroxylation sites is 1. The molecule has 1 aliphatic rings. The number of thiazole rings is 1. The molecule has 0 fully saturated rings. The van der Waals surface area contributed by atoms with Gasteiger partial charge in [-0.3, -0.25) is 4.99 Å². The topological polar surface area (TPSA) is 176 Å². The Bertz CT molecular complexity index is 986. The smallest absolute Gasteiger partial charge is 0.328 e. The predicted octanol–water partition coefficient (Wildman–Crippen LogP) is 2.57. The summed E-state index contributed by atoms with van der Waals surface area (Å²) in [7, 11) is 0. The van der Waals surface area contributed by atoms with Crippen LogP contribution in [0.15, 0.2) is 56.7 Å². The number of aliphatic carboxylic acids is 2. The molecule has 10 nitrogen and oxygen atoms in total. The zero-order chi connectivity index (χ0) is 22.6. The van der Waals surface area contributed by atoms with Gasteiger partial charge in [0.1, 0.15) is 0 Å². The standard InChI is InChI=1S/C14H16N6S3.C4H4O4/c15-12(16)20-14-18-9(8-23-14)7-22-11-4-2-1-3-10(11)19-13-17-5-6-21-13;5-3(6)1-2-4(7)8/h1-4,8H,5-7H2,(H,17,19)(H4,15,16,18,20);1-2H,(H,5,6)(H,7,8). The molecule has 0 saturated heterocycles. The van der Waals surface area contributed by atoms with Crippen molar-refractivity contribution in [3.63, 3.8) is 0 Å². The number of carboxylic acids is 2. The number of carbonyl (C=O) groups is 2. The highest BCUT2D eigenvalue weighted by Crippen LogP contribution is 2.32. The number of hydrogen-bond acceptors (Lipinski definition) is 9. The van der Waals surface area contributed by atoms with Gasteiger partial charge in [-0.05, 0) is 12.1 Å². The highest BCUT2D eigenvalue weighted by molar-refractivity contribution is 8.14. The van der Waals surface area contributed by atoms with Crippen LogP contribution in [0.5, 0.6) is 0 Å². The molecule has 164 valence electrons. The average Bonchev–Trinajstić information content (AvgIpc) is 3.38. The number of nitrogens with two attached hydrogens (primary N) is 2. The van der Waals surface area contributed by atoms with E-state index in [1.54, 1.807) is 23.5 Å². The third-order valence-electron chi connectivity index (χ3n) is 3.22. The second-order valence-electron chi connectivity index (χ2n) is 5.61. The van der Waals surface area contributed by atoms with Crippen molar-refractivity contribution in [1.82, 2.24) is 4.98 Å². The van der Waals surface area contributed by atoms with Gasteiger partial charge in [0.15, 0.2) is 11.1 Å². The van der Waals surface area contributed by atoms with Gasteiger partial charge in [-0.2, -0.15) is 4.99 Å². The van der Waals surface area contributed by atoms with Crippen molar-refractivity contribution in [2.45, 2.75) is 10.6 Å². The first kappa shape index (κ1) is 24.2. The van der Waals surface area contributed by atoms with Crippen molar-refractivity contribution < 1.29 is 19.8 Å². The van der Waals surface area contributed by atoms with Crippen LogP contribution in [0.3, 0.4) is 0 Å². The first-order valence-corrected chi connectivity index (χ1v) is 11.5. The number of thioether (sulfide) groups is 2. The molecule has 0 radical (unpaired) electrons. The summed E-state index contributed by atoms with van der Waals surface area (Å²) >= 11 is 4.91. The molecule has 0 atom stereocenters. The predicted molar refractivity (Wildman–Crippen MR) is 126 cm³/mol. The molecule has 0 amide bonds. The highest BCUT2D eigenvalue weighted by Gasteiger charge is 2.10. The molecule has 0 spiro atoms. The Balaban J connectivity index is 0.000000366. The van der Waals surface area contributed by atoms with E-state index >= 15 is 0 Å². The van der Waals surface area contributed by atoms with Crippen LogP contribution in [0.4, 0.5) is 10.8 Å². The lowest BCUT2D eigenvalue weighted by atomic mass is 10.3. The van der Waals surface area contributed by atoms with Crippen molar-refractivity contribution in [2.75, 3.05) is 17.6 Å². The van der Waals surface area contributed by atoms with Crippen LogP contribution in [0.25, 0.3) is 0 Å². The molecule has 3 rings (SSSR count). The Labute approximate surface area is 190 Å². The minimum absolute atomic E-state index is 0.0305. The number of nitrogens with zero attached hydrogens (tertiary/aromatic N) is 3. The number of rotatable bonds is 7. The van der Waals surface area contributed by atoms with Gasteiger partial charge in [-0.1, -0.05) is 23.9 Å². The van der Waals surface area contributed by atoms with E-state index in [1.165, 1.54) is 16.2 Å². The minimum Gasteiger partial charge on any atom is -0.478 e. The van der Waals surface area contributed by atoms with E-state index in [4.69, 9.17) is 21.7 Å². The Morgan fingerprint density at radius 2 is 1.94 bits per heavy atom. The monoisotopic (exact) mass is 480 g/mol. The summed E-state index contributed by atoms with van der Waals surface area (Å²) < 4.78 is 0. The van der Waals surface area contributed by atoms with Crippen LogP contribution in [0, 0.1) is 0 Å². The molecule has 7 N–H and O–H groups in total. The highest BCUT2D eigenvalue weighted by atomic mass is 32.2. The average molecular weight is 481 g/mol. The van der Waals surface area contributed by atoms with E-state index in [0.29, 0.717) is 17.3 Å². The van der Waals surface area contributed by atoms with Crippen LogP contribution in [-0.4, -0.2) is 50.6 Å². The zero-order valence-corrected chi connectivity index (χ0v) is 18.5. The van der Waals surface area contributed by atoms with E-state index in [1.807, 2.05) is 17.5 Å². The van der Waals surface area contributed by atoms with Gasteiger partial charge >= 0.3 is 11.9 Å². The second-order valence-corrected chi connectivity index (χ2v) is 8.55. The van der Waals surface area contributed by atoms with Gasteiger partial charge in [0, 0.05) is 33.9 Å². The normalized spacial score (nSPS) is 12.6. The van der Waals surface area contributed by atoms with E-state index in [-0.39, 0.29) is 5.96 Å². The summed E-state index contributed by atoms with van der Waals surface area (Å²) in [5, 5.41) is 22.6. The lowest BCUT2D eigenvalue weighted by molar-refractivity contribution is -0.134. The Morgan fingerprint density at radius 1 is 1.23 bits per heavy atom. The summed E-state index contributed by atoms with van der Waals surface area (Å²) in [5.41, 5.74) is 12.8. The fourth-order valence-corrected chi connectivity index (χ4v) is 4.49. The number of nitrogens with one attached hydrogen (secondary N) is 1. The quantitative estimate of drug-likeness (QED) is 0.171. The Kier molecular flexibility index (Phi) is 9.87. The number of guanidine groups is 1. The summed E-state index contributed by atoms with van der Waals surface area (Å²) in [5.74, 6) is -0.679. The summed E-state index contributed by atoms with van der Waals surface area (Å²) in [6, 6.07) is 8.21. The number of hydrogen-bond donors (Lipinski definition) is 5. The SMILES string of the molecule is NC(N)=Nc1nc(CSc2ccccc2NC2=NCCS2)cs1.O=C(O)C=CC(=O)O. The van der Waals surface area contributed by atoms with Crippen LogP contribution in [0.1, 0.15) is 5.69 Å². The maximum atomic E-state index is 9.55. The first-order chi connectivity index (χ1) is 14.8. The van der Waals surface area contributed by atoms with Gasteiger partial charge in [-0.15, -0.1) is 23.1 Å². The van der Waals surface area contributed by atoms with E-state index < -0.39 is 11.9 Å². The molecule has 31 heavy (non-hydrogen) atoms. The van der Waals surface area contributed by atoms with E-state index in [2.05, 4.69) is 32.4 Å². The number of carboxylic acid groups (broad SMARTS) is 2. The van der Waals surface area contributed by atoms with Gasteiger partial charge in [0.25, 0.3) is 0 Å². The maximum absolute atomic E-state index is 9.55. The Hall–Kier alpha value is -3.03. The fraction of sp³-hybridized carbons (Fsp3) is 0.167. The number of aromatic nitrogens is 1. The lowest BCUT2D eigenvalue weighted by Crippen LogP contribution is -2.21. The molecule has 1 aromatic heterocycles. The summed E-state index contributed by atoms with van der Waals surface area (Å²) in [6.07, 6.45) is 1.12.